The molecule has 0 aliphatic heterocycles. The van der Waals surface area contributed by atoms with Crippen molar-refractivity contribution in [2.45, 2.75) is 66.1 Å². The number of carbonyl (C=O) groups is 1. The highest BCUT2D eigenvalue weighted by Gasteiger charge is 2.24. The van der Waals surface area contributed by atoms with Gasteiger partial charge < -0.3 is 18.6 Å². The summed E-state index contributed by atoms with van der Waals surface area (Å²) in [4.78, 5) is 16.9. The number of hydrogen-bond acceptors (Lipinski definition) is 7. The molecule has 0 N–H and O–H groups in total. The van der Waals surface area contributed by atoms with Crippen molar-refractivity contribution in [2.75, 3.05) is 13.2 Å². The highest BCUT2D eigenvalue weighted by atomic mass is 32.1. The van der Waals surface area contributed by atoms with Crippen molar-refractivity contribution in [1.82, 2.24) is 4.98 Å². The molecule has 0 radical (unpaired) electrons. The first kappa shape index (κ1) is 23.3. The van der Waals surface area contributed by atoms with Gasteiger partial charge >= 0.3 is 5.97 Å². The number of oxazole rings is 1. The van der Waals surface area contributed by atoms with Crippen molar-refractivity contribution in [3.63, 3.8) is 0 Å². The number of hydrogen-bond donors (Lipinski definition) is 0. The van der Waals surface area contributed by atoms with Crippen LogP contribution in [0.3, 0.4) is 0 Å². The number of aromatic nitrogens is 1. The Kier molecular flexibility index (Phi) is 7.38. The van der Waals surface area contributed by atoms with E-state index in [1.807, 2.05) is 37.4 Å². The van der Waals surface area contributed by atoms with Crippen molar-refractivity contribution >= 4 is 27.4 Å². The predicted octanol–water partition coefficient (Wildman–Crippen LogP) is 5.58. The Hall–Kier alpha value is -2.38. The molecule has 1 aromatic carbocycles. The Morgan fingerprint density at radius 1 is 1.19 bits per heavy atom. The number of rotatable bonds is 9. The number of aryl methyl sites for hydroxylation is 1. The topological polar surface area (TPSA) is 70.8 Å². The average Bonchev–Trinajstić information content (AvgIpc) is 3.34. The van der Waals surface area contributed by atoms with Crippen molar-refractivity contribution < 1.29 is 23.4 Å². The second-order valence-electron chi connectivity index (χ2n) is 8.35. The summed E-state index contributed by atoms with van der Waals surface area (Å²) in [6, 6.07) is 5.98. The van der Waals surface area contributed by atoms with Crippen LogP contribution >= 0.6 is 11.3 Å². The van der Waals surface area contributed by atoms with Gasteiger partial charge in [0.1, 0.15) is 23.8 Å². The Balaban J connectivity index is 1.80. The van der Waals surface area contributed by atoms with Crippen LogP contribution in [0.4, 0.5) is 0 Å². The molecule has 0 aliphatic carbocycles. The molecule has 31 heavy (non-hydrogen) atoms. The molecule has 6 nitrogen and oxygen atoms in total. The second-order valence-corrected chi connectivity index (χ2v) is 9.26. The molecule has 0 spiro atoms. The number of thiophene rings is 1. The van der Waals surface area contributed by atoms with Gasteiger partial charge in [-0.1, -0.05) is 26.8 Å². The van der Waals surface area contributed by atoms with Crippen molar-refractivity contribution in [3.05, 3.63) is 46.5 Å². The lowest BCUT2D eigenvalue weighted by Crippen LogP contribution is -2.29. The van der Waals surface area contributed by atoms with E-state index in [1.54, 1.807) is 18.3 Å². The number of fused-ring (bicyclic) bond motifs is 1. The highest BCUT2D eigenvalue weighted by molar-refractivity contribution is 7.17. The summed E-state index contributed by atoms with van der Waals surface area (Å²) in [6.45, 7) is 12.9. The molecule has 1 unspecified atom stereocenters. The first-order valence-corrected chi connectivity index (χ1v) is 11.5. The molecule has 3 aromatic rings. The molecule has 0 fully saturated rings. The second kappa shape index (κ2) is 9.83. The number of ether oxygens (including phenoxy) is 3. The lowest BCUT2D eigenvalue weighted by Gasteiger charge is -2.16. The molecule has 2 heterocycles. The van der Waals surface area contributed by atoms with Gasteiger partial charge in [-0.05, 0) is 43.8 Å². The van der Waals surface area contributed by atoms with E-state index in [2.05, 4.69) is 25.8 Å². The molecular weight excluding hydrogens is 414 g/mol. The van der Waals surface area contributed by atoms with Crippen LogP contribution < -0.4 is 4.74 Å². The van der Waals surface area contributed by atoms with E-state index in [9.17, 15) is 4.79 Å². The van der Waals surface area contributed by atoms with Gasteiger partial charge in [-0.2, -0.15) is 0 Å². The molecule has 2 aromatic heterocycles. The smallest absolute Gasteiger partial charge is 0.335 e. The quantitative estimate of drug-likeness (QED) is 0.400. The summed E-state index contributed by atoms with van der Waals surface area (Å²) >= 11 is 1.62. The molecule has 7 heteroatoms. The molecule has 0 aliphatic rings. The fraction of sp³-hybridized carbons (Fsp3) is 0.500. The molecule has 1 atom stereocenters. The number of carbonyl (C=O) groups excluding carboxylic acids is 1. The van der Waals surface area contributed by atoms with E-state index in [4.69, 9.17) is 18.6 Å². The van der Waals surface area contributed by atoms with Gasteiger partial charge in [-0.3, -0.25) is 0 Å². The fourth-order valence-corrected chi connectivity index (χ4v) is 4.19. The molecule has 168 valence electrons. The zero-order valence-electron chi connectivity index (χ0n) is 19.1. The van der Waals surface area contributed by atoms with Gasteiger partial charge in [0.2, 0.25) is 0 Å². The summed E-state index contributed by atoms with van der Waals surface area (Å²) in [5.74, 6) is 1.94. The third-order valence-electron chi connectivity index (χ3n) is 4.88. The monoisotopic (exact) mass is 445 g/mol. The van der Waals surface area contributed by atoms with Gasteiger partial charge in [0.15, 0.2) is 12.0 Å². The van der Waals surface area contributed by atoms with Crippen LogP contribution in [0.25, 0.3) is 10.1 Å². The van der Waals surface area contributed by atoms with Crippen LogP contribution in [0.2, 0.25) is 0 Å². The van der Waals surface area contributed by atoms with Crippen LogP contribution in [-0.2, 0) is 32.7 Å². The zero-order valence-corrected chi connectivity index (χ0v) is 19.9. The van der Waals surface area contributed by atoms with Gasteiger partial charge in [0.05, 0.1) is 6.61 Å². The average molecular weight is 446 g/mol. The first-order valence-electron chi connectivity index (χ1n) is 10.6. The minimum Gasteiger partial charge on any atom is -0.486 e. The lowest BCUT2D eigenvalue weighted by atomic mass is 9.97. The Morgan fingerprint density at radius 2 is 1.97 bits per heavy atom. The minimum absolute atomic E-state index is 0.151. The van der Waals surface area contributed by atoms with Gasteiger partial charge in [-0.25, -0.2) is 9.78 Å². The van der Waals surface area contributed by atoms with Crippen molar-refractivity contribution in [3.8, 4) is 5.75 Å². The van der Waals surface area contributed by atoms with E-state index in [1.165, 1.54) is 0 Å². The Morgan fingerprint density at radius 3 is 2.61 bits per heavy atom. The van der Waals surface area contributed by atoms with Gasteiger partial charge in [0, 0.05) is 28.5 Å². The van der Waals surface area contributed by atoms with E-state index < -0.39 is 6.10 Å². The standard InChI is InChI=1S/C24H31NO5S/c1-7-27-20(22(26)28-8-2)13-16-9-10-19(17-11-12-31-21(16)17)29-14-18-15(3)30-23(25-18)24(4,5)6/h9-12,20H,7-8,13-14H2,1-6H3. The predicted molar refractivity (Wildman–Crippen MR) is 122 cm³/mol. The molecule has 0 bridgehead atoms. The van der Waals surface area contributed by atoms with E-state index in [0.29, 0.717) is 32.1 Å². The summed E-state index contributed by atoms with van der Waals surface area (Å²) < 4.78 is 23.8. The Bertz CT molecular complexity index is 1030. The first-order chi connectivity index (χ1) is 14.7. The number of esters is 1. The fourth-order valence-electron chi connectivity index (χ4n) is 3.26. The van der Waals surface area contributed by atoms with E-state index in [0.717, 1.165) is 32.9 Å². The lowest BCUT2D eigenvalue weighted by molar-refractivity contribution is -0.156. The van der Waals surface area contributed by atoms with Crippen LogP contribution in [0.15, 0.2) is 28.0 Å². The van der Waals surface area contributed by atoms with Crippen molar-refractivity contribution in [1.29, 1.82) is 0 Å². The highest BCUT2D eigenvalue weighted by Crippen LogP contribution is 2.34. The van der Waals surface area contributed by atoms with E-state index in [-0.39, 0.29) is 11.4 Å². The molecular formula is C24H31NO5S. The van der Waals surface area contributed by atoms with Crippen LogP contribution in [0.1, 0.15) is 57.5 Å². The maximum Gasteiger partial charge on any atom is 0.335 e. The van der Waals surface area contributed by atoms with Crippen LogP contribution in [0, 0.1) is 6.92 Å². The van der Waals surface area contributed by atoms with Crippen molar-refractivity contribution in [2.24, 2.45) is 0 Å². The number of nitrogens with zero attached hydrogens (tertiary/aromatic N) is 1. The summed E-state index contributed by atoms with van der Waals surface area (Å²) in [6.07, 6.45) is -0.156. The maximum absolute atomic E-state index is 12.3. The Labute approximate surface area is 187 Å². The zero-order chi connectivity index (χ0) is 22.6. The van der Waals surface area contributed by atoms with Gasteiger partial charge in [0.25, 0.3) is 0 Å². The summed E-state index contributed by atoms with van der Waals surface area (Å²) in [7, 11) is 0. The van der Waals surface area contributed by atoms with Crippen LogP contribution in [-0.4, -0.2) is 30.3 Å². The molecule has 3 rings (SSSR count). The van der Waals surface area contributed by atoms with Crippen LogP contribution in [0.5, 0.6) is 5.75 Å². The summed E-state index contributed by atoms with van der Waals surface area (Å²) in [5.41, 5.74) is 1.69. The summed E-state index contributed by atoms with van der Waals surface area (Å²) in [5, 5.41) is 3.04. The number of benzene rings is 1. The normalized spacial score (nSPS) is 12.8. The largest absolute Gasteiger partial charge is 0.486 e. The molecule has 0 saturated carbocycles. The molecule has 0 saturated heterocycles. The third kappa shape index (κ3) is 5.46. The van der Waals surface area contributed by atoms with E-state index >= 15 is 0 Å². The molecule has 0 amide bonds. The minimum atomic E-state index is -0.615. The maximum atomic E-state index is 12.3. The van der Waals surface area contributed by atoms with Gasteiger partial charge in [-0.15, -0.1) is 11.3 Å². The SMILES string of the molecule is CCOC(=O)C(Cc1ccc(OCc2nc(C(C)(C)C)oc2C)c2ccsc12)OCC. The third-order valence-corrected chi connectivity index (χ3v) is 5.87.